The molecule has 0 bridgehead atoms. The van der Waals surface area contributed by atoms with Crippen molar-refractivity contribution in [2.75, 3.05) is 6.61 Å². The Morgan fingerprint density at radius 1 is 1.47 bits per heavy atom. The van der Waals surface area contributed by atoms with Crippen LogP contribution in [0.25, 0.3) is 0 Å². The number of unbranched alkanes of at least 4 members (excludes halogenated alkanes) is 2. The molecule has 0 unspecified atom stereocenters. The number of nitrogens with zero attached hydrogens (tertiary/aromatic N) is 1. The molecule has 0 spiro atoms. The number of benzene rings is 1. The Hall–Kier alpha value is -1.42. The molecule has 1 aromatic carbocycles. The molecule has 0 amide bonds. The summed E-state index contributed by atoms with van der Waals surface area (Å²) in [6, 6.07) is 5.02. The zero-order chi connectivity index (χ0) is 12.7. The van der Waals surface area contributed by atoms with E-state index in [9.17, 15) is 0 Å². The molecular formula is C12H17ClN2O2. The Morgan fingerprint density at radius 3 is 2.88 bits per heavy atom. The van der Waals surface area contributed by atoms with E-state index in [2.05, 4.69) is 12.1 Å². The molecule has 0 saturated heterocycles. The van der Waals surface area contributed by atoms with E-state index in [4.69, 9.17) is 27.3 Å². The van der Waals surface area contributed by atoms with Gasteiger partial charge in [0.05, 0.1) is 12.2 Å². The Labute approximate surface area is 106 Å². The van der Waals surface area contributed by atoms with Gasteiger partial charge in [-0.3, -0.25) is 0 Å². The van der Waals surface area contributed by atoms with Crippen LogP contribution in [0.3, 0.4) is 0 Å². The summed E-state index contributed by atoms with van der Waals surface area (Å²) in [4.78, 5) is 0. The molecule has 3 N–H and O–H groups in total. The molecule has 1 aromatic rings. The molecule has 0 aliphatic rings. The maximum Gasteiger partial charge on any atom is 0.173 e. The van der Waals surface area contributed by atoms with E-state index in [0.717, 1.165) is 19.3 Å². The predicted octanol–water partition coefficient (Wildman–Crippen LogP) is 3.00. The lowest BCUT2D eigenvalue weighted by molar-refractivity contribution is 0.303. The summed E-state index contributed by atoms with van der Waals surface area (Å²) in [5.41, 5.74) is 6.10. The number of ether oxygens (including phenoxy) is 1. The quantitative estimate of drug-likeness (QED) is 0.270. The van der Waals surface area contributed by atoms with Crippen LogP contribution in [0.15, 0.2) is 23.4 Å². The van der Waals surface area contributed by atoms with Crippen LogP contribution in [0, 0.1) is 0 Å². The van der Waals surface area contributed by atoms with Gasteiger partial charge in [0.15, 0.2) is 5.84 Å². The zero-order valence-corrected chi connectivity index (χ0v) is 10.6. The number of halogens is 1. The first-order valence-corrected chi connectivity index (χ1v) is 5.97. The van der Waals surface area contributed by atoms with E-state index in [1.54, 1.807) is 18.2 Å². The lowest BCUT2D eigenvalue weighted by Crippen LogP contribution is -2.15. The van der Waals surface area contributed by atoms with Gasteiger partial charge in [0, 0.05) is 5.02 Å². The van der Waals surface area contributed by atoms with Crippen molar-refractivity contribution in [3.05, 3.63) is 28.8 Å². The topological polar surface area (TPSA) is 67.8 Å². The predicted molar refractivity (Wildman–Crippen MR) is 69.0 cm³/mol. The fraction of sp³-hybridized carbons (Fsp3) is 0.417. The molecule has 0 aliphatic carbocycles. The monoisotopic (exact) mass is 256 g/mol. The second-order valence-corrected chi connectivity index (χ2v) is 4.12. The lowest BCUT2D eigenvalue weighted by Gasteiger charge is -2.10. The second kappa shape index (κ2) is 7.01. The summed E-state index contributed by atoms with van der Waals surface area (Å²) in [6.07, 6.45) is 3.21. The Bertz CT molecular complexity index is 394. The van der Waals surface area contributed by atoms with Gasteiger partial charge in [0.2, 0.25) is 0 Å². The Morgan fingerprint density at radius 2 is 2.24 bits per heavy atom. The van der Waals surface area contributed by atoms with Crippen molar-refractivity contribution in [1.82, 2.24) is 0 Å². The van der Waals surface area contributed by atoms with Crippen LogP contribution in [-0.4, -0.2) is 17.6 Å². The lowest BCUT2D eigenvalue weighted by atomic mass is 10.2. The molecule has 0 atom stereocenters. The molecule has 0 aliphatic heterocycles. The maximum atomic E-state index is 8.67. The van der Waals surface area contributed by atoms with Crippen molar-refractivity contribution in [1.29, 1.82) is 0 Å². The minimum Gasteiger partial charge on any atom is -0.493 e. The SMILES string of the molecule is CCCCCOc1cc(Cl)ccc1C(N)=NO. The minimum absolute atomic E-state index is 0.0205. The highest BCUT2D eigenvalue weighted by Gasteiger charge is 2.08. The molecule has 0 aromatic heterocycles. The minimum atomic E-state index is 0.0205. The van der Waals surface area contributed by atoms with Gasteiger partial charge in [-0.2, -0.15) is 0 Å². The highest BCUT2D eigenvalue weighted by molar-refractivity contribution is 6.30. The average Bonchev–Trinajstić information content (AvgIpc) is 2.34. The van der Waals surface area contributed by atoms with Gasteiger partial charge in [-0.15, -0.1) is 0 Å². The van der Waals surface area contributed by atoms with Crippen LogP contribution < -0.4 is 10.5 Å². The van der Waals surface area contributed by atoms with Crippen LogP contribution in [0.1, 0.15) is 31.7 Å². The number of rotatable bonds is 6. The number of amidine groups is 1. The highest BCUT2D eigenvalue weighted by atomic mass is 35.5. The summed E-state index contributed by atoms with van der Waals surface area (Å²) >= 11 is 5.88. The summed E-state index contributed by atoms with van der Waals surface area (Å²) in [7, 11) is 0. The number of hydrogen-bond donors (Lipinski definition) is 2. The van der Waals surface area contributed by atoms with E-state index >= 15 is 0 Å². The zero-order valence-electron chi connectivity index (χ0n) is 9.82. The molecule has 17 heavy (non-hydrogen) atoms. The fourth-order valence-corrected chi connectivity index (χ4v) is 1.58. The largest absolute Gasteiger partial charge is 0.493 e. The van der Waals surface area contributed by atoms with Gasteiger partial charge in [0.25, 0.3) is 0 Å². The fourth-order valence-electron chi connectivity index (χ4n) is 1.42. The highest BCUT2D eigenvalue weighted by Crippen LogP contribution is 2.23. The first kappa shape index (κ1) is 13.6. The maximum absolute atomic E-state index is 8.67. The summed E-state index contributed by atoms with van der Waals surface area (Å²) in [5.74, 6) is 0.566. The Kier molecular flexibility index (Phi) is 5.63. The summed E-state index contributed by atoms with van der Waals surface area (Å²) in [6.45, 7) is 2.72. The first-order valence-electron chi connectivity index (χ1n) is 5.59. The summed E-state index contributed by atoms with van der Waals surface area (Å²) in [5, 5.41) is 12.2. The van der Waals surface area contributed by atoms with E-state index in [0.29, 0.717) is 22.9 Å². The van der Waals surface area contributed by atoms with Crippen molar-refractivity contribution in [3.63, 3.8) is 0 Å². The standard InChI is InChI=1S/C12H17ClN2O2/c1-2-3-4-7-17-11-8-9(13)5-6-10(11)12(14)15-16/h5-6,8,16H,2-4,7H2,1H3,(H2,14,15). The molecule has 0 fully saturated rings. The molecule has 1 rings (SSSR count). The average molecular weight is 257 g/mol. The normalized spacial score (nSPS) is 11.5. The van der Waals surface area contributed by atoms with Crippen LogP contribution in [0.4, 0.5) is 0 Å². The van der Waals surface area contributed by atoms with Gasteiger partial charge in [-0.25, -0.2) is 0 Å². The number of hydrogen-bond acceptors (Lipinski definition) is 3. The van der Waals surface area contributed by atoms with Crippen LogP contribution in [0.2, 0.25) is 5.02 Å². The molecule has 0 heterocycles. The van der Waals surface area contributed by atoms with E-state index < -0.39 is 0 Å². The van der Waals surface area contributed by atoms with Crippen molar-refractivity contribution in [3.8, 4) is 5.75 Å². The summed E-state index contributed by atoms with van der Waals surface area (Å²) < 4.78 is 5.59. The van der Waals surface area contributed by atoms with Crippen LogP contribution in [-0.2, 0) is 0 Å². The van der Waals surface area contributed by atoms with Crippen LogP contribution >= 0.6 is 11.6 Å². The molecule has 5 heteroatoms. The van der Waals surface area contributed by atoms with Crippen molar-refractivity contribution in [2.24, 2.45) is 10.9 Å². The van der Waals surface area contributed by atoms with Crippen molar-refractivity contribution >= 4 is 17.4 Å². The molecule has 4 nitrogen and oxygen atoms in total. The second-order valence-electron chi connectivity index (χ2n) is 3.68. The van der Waals surface area contributed by atoms with Crippen molar-refractivity contribution in [2.45, 2.75) is 26.2 Å². The van der Waals surface area contributed by atoms with Gasteiger partial charge in [0.1, 0.15) is 5.75 Å². The van der Waals surface area contributed by atoms with E-state index in [1.807, 2.05) is 0 Å². The van der Waals surface area contributed by atoms with Gasteiger partial charge < -0.3 is 15.7 Å². The Balaban J connectivity index is 2.77. The smallest absolute Gasteiger partial charge is 0.173 e. The first-order chi connectivity index (χ1) is 8.19. The number of oxime groups is 1. The van der Waals surface area contributed by atoms with Gasteiger partial charge in [-0.1, -0.05) is 36.5 Å². The number of nitrogens with two attached hydrogens (primary N) is 1. The molecular weight excluding hydrogens is 240 g/mol. The van der Waals surface area contributed by atoms with E-state index in [-0.39, 0.29) is 5.84 Å². The van der Waals surface area contributed by atoms with Crippen LogP contribution in [0.5, 0.6) is 5.75 Å². The molecule has 0 saturated carbocycles. The third-order valence-corrected chi connectivity index (χ3v) is 2.57. The third kappa shape index (κ3) is 4.15. The molecule has 94 valence electrons. The third-order valence-electron chi connectivity index (χ3n) is 2.33. The van der Waals surface area contributed by atoms with E-state index in [1.165, 1.54) is 0 Å². The van der Waals surface area contributed by atoms with Gasteiger partial charge in [-0.05, 0) is 24.6 Å². The molecule has 0 radical (unpaired) electrons. The van der Waals surface area contributed by atoms with Crippen molar-refractivity contribution < 1.29 is 9.94 Å². The van der Waals surface area contributed by atoms with Gasteiger partial charge >= 0.3 is 0 Å².